The zero-order valence-electron chi connectivity index (χ0n) is 20.0. The second-order valence-corrected chi connectivity index (χ2v) is 9.64. The van der Waals surface area contributed by atoms with Gasteiger partial charge < -0.3 is 19.9 Å². The normalized spacial score (nSPS) is 23.8. The molecule has 1 aromatic carbocycles. The molecule has 2 N–H and O–H groups in total. The number of hydrogen-bond acceptors (Lipinski definition) is 7. The number of nitrogens with zero attached hydrogens (tertiary/aromatic N) is 3. The first-order valence-corrected chi connectivity index (χ1v) is 10.9. The molecule has 0 radical (unpaired) electrons. The SMILES string of the molecule is COc1cc(OC)c([C@H]2C(C#N)=C(N)C(C#N)(C#N)C3=CCC(C(C)(C)C)C[C@@H]32)cc1OC. The Morgan fingerprint density at radius 3 is 2.03 bits per heavy atom. The number of methoxy groups -OCH3 is 3. The summed E-state index contributed by atoms with van der Waals surface area (Å²) in [4.78, 5) is 0. The van der Waals surface area contributed by atoms with Gasteiger partial charge in [-0.25, -0.2) is 0 Å². The molecule has 0 heterocycles. The first-order valence-electron chi connectivity index (χ1n) is 10.9. The zero-order chi connectivity index (χ0) is 24.6. The van der Waals surface area contributed by atoms with Gasteiger partial charge in [-0.2, -0.15) is 15.8 Å². The van der Waals surface area contributed by atoms with Gasteiger partial charge in [0.15, 0.2) is 11.5 Å². The molecule has 33 heavy (non-hydrogen) atoms. The van der Waals surface area contributed by atoms with Crippen molar-refractivity contribution in [3.63, 3.8) is 0 Å². The summed E-state index contributed by atoms with van der Waals surface area (Å²) in [5.41, 5.74) is 6.40. The molecule has 0 fully saturated rings. The summed E-state index contributed by atoms with van der Waals surface area (Å²) in [6.45, 7) is 6.55. The first kappa shape index (κ1) is 24.0. The predicted molar refractivity (Wildman–Crippen MR) is 123 cm³/mol. The quantitative estimate of drug-likeness (QED) is 0.671. The number of nitriles is 3. The number of ether oxygens (including phenoxy) is 3. The fourth-order valence-electron chi connectivity index (χ4n) is 5.20. The molecule has 2 aliphatic rings. The van der Waals surface area contributed by atoms with Crippen molar-refractivity contribution in [3.8, 4) is 35.5 Å². The Morgan fingerprint density at radius 1 is 0.970 bits per heavy atom. The van der Waals surface area contributed by atoms with Gasteiger partial charge in [0.25, 0.3) is 0 Å². The minimum absolute atomic E-state index is 0.00598. The smallest absolute Gasteiger partial charge is 0.204 e. The van der Waals surface area contributed by atoms with Crippen molar-refractivity contribution >= 4 is 0 Å². The van der Waals surface area contributed by atoms with Crippen LogP contribution in [-0.2, 0) is 0 Å². The van der Waals surface area contributed by atoms with Gasteiger partial charge in [-0.15, -0.1) is 0 Å². The van der Waals surface area contributed by atoms with Crippen molar-refractivity contribution in [1.82, 2.24) is 0 Å². The van der Waals surface area contributed by atoms with Crippen LogP contribution in [0.1, 0.15) is 45.1 Å². The van der Waals surface area contributed by atoms with Gasteiger partial charge in [0.05, 0.1) is 50.8 Å². The zero-order valence-corrected chi connectivity index (χ0v) is 20.0. The molecule has 1 aromatic rings. The minimum Gasteiger partial charge on any atom is -0.496 e. The number of rotatable bonds is 4. The van der Waals surface area contributed by atoms with Crippen molar-refractivity contribution in [2.75, 3.05) is 21.3 Å². The Kier molecular flexibility index (Phi) is 6.35. The maximum absolute atomic E-state index is 10.2. The highest BCUT2D eigenvalue weighted by molar-refractivity contribution is 5.62. The van der Waals surface area contributed by atoms with E-state index in [-0.39, 0.29) is 22.6 Å². The van der Waals surface area contributed by atoms with E-state index in [2.05, 4.69) is 39.0 Å². The molecule has 0 spiro atoms. The van der Waals surface area contributed by atoms with Crippen LogP contribution in [-0.4, -0.2) is 21.3 Å². The van der Waals surface area contributed by atoms with Gasteiger partial charge in [0, 0.05) is 17.5 Å². The molecule has 7 heteroatoms. The van der Waals surface area contributed by atoms with Crippen molar-refractivity contribution in [1.29, 1.82) is 15.8 Å². The van der Waals surface area contributed by atoms with E-state index >= 15 is 0 Å². The topological polar surface area (TPSA) is 125 Å². The maximum atomic E-state index is 10.2. The van der Waals surface area contributed by atoms with E-state index in [0.717, 1.165) is 6.42 Å². The number of nitrogens with two attached hydrogens (primary N) is 1. The fourth-order valence-corrected chi connectivity index (χ4v) is 5.20. The van der Waals surface area contributed by atoms with Crippen LogP contribution >= 0.6 is 0 Å². The highest BCUT2D eigenvalue weighted by atomic mass is 16.5. The van der Waals surface area contributed by atoms with Crippen LogP contribution in [0.2, 0.25) is 0 Å². The Labute approximate surface area is 195 Å². The van der Waals surface area contributed by atoms with Crippen LogP contribution in [0.15, 0.2) is 35.1 Å². The lowest BCUT2D eigenvalue weighted by molar-refractivity contribution is 0.179. The number of allylic oxidation sites excluding steroid dienone is 3. The minimum atomic E-state index is -1.65. The molecule has 0 saturated carbocycles. The lowest BCUT2D eigenvalue weighted by atomic mass is 9.55. The highest BCUT2D eigenvalue weighted by Gasteiger charge is 2.54. The Bertz CT molecular complexity index is 1120. The van der Waals surface area contributed by atoms with Gasteiger partial charge in [-0.3, -0.25) is 0 Å². The summed E-state index contributed by atoms with van der Waals surface area (Å²) < 4.78 is 16.6. The molecule has 0 bridgehead atoms. The average Bonchev–Trinajstić information content (AvgIpc) is 2.82. The predicted octanol–water partition coefficient (Wildman–Crippen LogP) is 4.58. The number of hydrogen-bond donors (Lipinski definition) is 1. The third-order valence-electron chi connectivity index (χ3n) is 7.15. The van der Waals surface area contributed by atoms with Crippen molar-refractivity contribution in [2.24, 2.45) is 28.4 Å². The van der Waals surface area contributed by atoms with Crippen LogP contribution in [0.25, 0.3) is 0 Å². The van der Waals surface area contributed by atoms with Gasteiger partial charge in [0.1, 0.15) is 5.75 Å². The molecule has 0 aliphatic heterocycles. The van der Waals surface area contributed by atoms with Gasteiger partial charge in [-0.1, -0.05) is 26.8 Å². The second-order valence-electron chi connectivity index (χ2n) is 9.64. The largest absolute Gasteiger partial charge is 0.496 e. The lowest BCUT2D eigenvalue weighted by Crippen LogP contribution is -2.43. The molecular weight excluding hydrogens is 416 g/mol. The summed E-state index contributed by atoms with van der Waals surface area (Å²) in [5.74, 6) is 1.06. The third-order valence-corrected chi connectivity index (χ3v) is 7.15. The molecule has 0 saturated heterocycles. The number of fused-ring (bicyclic) bond motifs is 1. The summed E-state index contributed by atoms with van der Waals surface area (Å²) in [7, 11) is 4.64. The van der Waals surface area contributed by atoms with Crippen molar-refractivity contribution in [3.05, 3.63) is 40.6 Å². The van der Waals surface area contributed by atoms with E-state index < -0.39 is 11.3 Å². The monoisotopic (exact) mass is 446 g/mol. The van der Waals surface area contributed by atoms with Crippen LogP contribution in [0.4, 0.5) is 0 Å². The van der Waals surface area contributed by atoms with E-state index in [1.165, 1.54) is 0 Å². The molecule has 0 aromatic heterocycles. The molecule has 3 atom stereocenters. The Morgan fingerprint density at radius 2 is 1.55 bits per heavy atom. The fraction of sp³-hybridized carbons (Fsp3) is 0.500. The first-order chi connectivity index (χ1) is 15.6. The molecule has 172 valence electrons. The molecule has 0 amide bonds. The summed E-state index contributed by atoms with van der Waals surface area (Å²) in [6, 6.07) is 10.0. The van der Waals surface area contributed by atoms with Crippen LogP contribution < -0.4 is 19.9 Å². The molecule has 2 aliphatic carbocycles. The van der Waals surface area contributed by atoms with Gasteiger partial charge >= 0.3 is 0 Å². The van der Waals surface area contributed by atoms with Gasteiger partial charge in [-0.05, 0) is 41.7 Å². The van der Waals surface area contributed by atoms with Crippen LogP contribution in [0.5, 0.6) is 17.2 Å². The van der Waals surface area contributed by atoms with Crippen molar-refractivity contribution in [2.45, 2.75) is 39.5 Å². The number of benzene rings is 1. The van der Waals surface area contributed by atoms with E-state index in [0.29, 0.717) is 40.7 Å². The van der Waals surface area contributed by atoms with E-state index in [9.17, 15) is 15.8 Å². The molecule has 7 nitrogen and oxygen atoms in total. The van der Waals surface area contributed by atoms with Crippen molar-refractivity contribution < 1.29 is 14.2 Å². The Hall–Kier alpha value is -3.63. The maximum Gasteiger partial charge on any atom is 0.204 e. The van der Waals surface area contributed by atoms with Gasteiger partial charge in [0.2, 0.25) is 5.41 Å². The second kappa shape index (κ2) is 8.72. The highest BCUT2D eigenvalue weighted by Crippen LogP contribution is 2.58. The van der Waals surface area contributed by atoms with E-state index in [1.807, 2.05) is 6.08 Å². The van der Waals surface area contributed by atoms with Crippen LogP contribution in [0.3, 0.4) is 0 Å². The lowest BCUT2D eigenvalue weighted by Gasteiger charge is -2.46. The molecule has 3 rings (SSSR count). The molecule has 1 unspecified atom stereocenters. The summed E-state index contributed by atoms with van der Waals surface area (Å²) in [5, 5.41) is 30.4. The summed E-state index contributed by atoms with van der Waals surface area (Å²) >= 11 is 0. The standard InChI is InChI=1S/C26H30N4O3/c1-25(2,3)15-7-8-19-16(9-15)23(18(12-27)24(30)26(19,13-28)14-29)17-10-21(32-5)22(33-6)11-20(17)31-4/h8,10-11,15-16,23H,7,9,30H2,1-6H3/t15?,16-,23-/m0/s1. The summed E-state index contributed by atoms with van der Waals surface area (Å²) in [6.07, 6.45) is 3.45. The van der Waals surface area contributed by atoms with E-state index in [4.69, 9.17) is 19.9 Å². The van der Waals surface area contributed by atoms with Crippen LogP contribution in [0, 0.1) is 56.7 Å². The molecular formula is C26H30N4O3. The third kappa shape index (κ3) is 3.66. The average molecular weight is 447 g/mol. The van der Waals surface area contributed by atoms with E-state index in [1.54, 1.807) is 33.5 Å². The Balaban J connectivity index is 2.37.